The highest BCUT2D eigenvalue weighted by molar-refractivity contribution is 5.88. The Hall–Kier alpha value is -3.17. The quantitative estimate of drug-likeness (QED) is 0.769. The van der Waals surface area contributed by atoms with E-state index >= 15 is 0 Å². The Morgan fingerprint density at radius 2 is 2.00 bits per heavy atom. The summed E-state index contributed by atoms with van der Waals surface area (Å²) in [7, 11) is 0. The molecule has 128 valence electrons. The summed E-state index contributed by atoms with van der Waals surface area (Å²) in [5.74, 6) is -2.21. The molecule has 0 aliphatic carbocycles. The molecule has 1 amide bonds. The van der Waals surface area contributed by atoms with Crippen molar-refractivity contribution >= 4 is 22.8 Å². The van der Waals surface area contributed by atoms with E-state index in [1.54, 1.807) is 0 Å². The summed E-state index contributed by atoms with van der Waals surface area (Å²) in [6.07, 6.45) is 3.01. The molecule has 1 aromatic carbocycles. The smallest absolute Gasteiger partial charge is 0.290 e. The Labute approximate surface area is 139 Å². The van der Waals surface area contributed by atoms with Gasteiger partial charge in [-0.3, -0.25) is 9.78 Å². The zero-order valence-corrected chi connectivity index (χ0v) is 12.8. The van der Waals surface area contributed by atoms with Gasteiger partial charge in [0.2, 0.25) is 5.89 Å². The van der Waals surface area contributed by atoms with Crippen LogP contribution in [0.2, 0.25) is 0 Å². The third kappa shape index (κ3) is 2.65. The van der Waals surface area contributed by atoms with Crippen LogP contribution in [-0.2, 0) is 0 Å². The monoisotopic (exact) mass is 346 g/mol. The number of anilines is 1. The predicted molar refractivity (Wildman–Crippen MR) is 81.6 cm³/mol. The minimum absolute atomic E-state index is 0.191. The molecule has 25 heavy (non-hydrogen) atoms. The van der Waals surface area contributed by atoms with Gasteiger partial charge in [-0.15, -0.1) is 0 Å². The zero-order chi connectivity index (χ0) is 17.6. The lowest BCUT2D eigenvalue weighted by Gasteiger charge is -2.22. The van der Waals surface area contributed by atoms with E-state index in [1.165, 1.54) is 6.20 Å². The second kappa shape index (κ2) is 5.72. The number of halogens is 2. The molecule has 1 atom stereocenters. The normalized spacial score (nSPS) is 17.4. The van der Waals surface area contributed by atoms with E-state index in [0.717, 1.165) is 18.6 Å². The predicted octanol–water partition coefficient (Wildman–Crippen LogP) is 1.73. The number of aromatic nitrogens is 4. The van der Waals surface area contributed by atoms with Gasteiger partial charge in [-0.05, 0) is 12.8 Å². The first-order valence-corrected chi connectivity index (χ1v) is 7.55. The Balaban J connectivity index is 1.70. The number of amides is 1. The molecule has 2 aromatic heterocycles. The molecule has 1 aliphatic heterocycles. The van der Waals surface area contributed by atoms with Crippen molar-refractivity contribution < 1.29 is 18.1 Å². The lowest BCUT2D eigenvalue weighted by Crippen LogP contribution is -2.24. The maximum absolute atomic E-state index is 13.4. The molecule has 0 spiro atoms. The number of benzene rings is 1. The topological polar surface area (TPSA) is 111 Å². The van der Waals surface area contributed by atoms with Crippen molar-refractivity contribution in [3.8, 4) is 0 Å². The van der Waals surface area contributed by atoms with E-state index in [2.05, 4.69) is 20.1 Å². The Kier molecular flexibility index (Phi) is 3.52. The Bertz CT molecular complexity index is 976. The van der Waals surface area contributed by atoms with Gasteiger partial charge in [-0.2, -0.15) is 4.98 Å². The molecule has 1 fully saturated rings. The number of fused-ring (bicyclic) bond motifs is 1. The number of hydrogen-bond acceptors (Lipinski definition) is 7. The maximum Gasteiger partial charge on any atom is 0.290 e. The van der Waals surface area contributed by atoms with Crippen LogP contribution in [0.15, 0.2) is 22.9 Å². The first kappa shape index (κ1) is 15.4. The molecule has 10 heteroatoms. The second-order valence-electron chi connectivity index (χ2n) is 5.66. The van der Waals surface area contributed by atoms with Crippen LogP contribution < -0.4 is 10.6 Å². The molecular weight excluding hydrogens is 334 g/mol. The van der Waals surface area contributed by atoms with Crippen LogP contribution in [0.5, 0.6) is 0 Å². The summed E-state index contributed by atoms with van der Waals surface area (Å²) < 4.78 is 31.8. The summed E-state index contributed by atoms with van der Waals surface area (Å²) in [6.45, 7) is 0.642. The van der Waals surface area contributed by atoms with Crippen LogP contribution in [0.3, 0.4) is 0 Å². The largest absolute Gasteiger partial charge is 0.363 e. The van der Waals surface area contributed by atoms with Crippen molar-refractivity contribution in [2.24, 2.45) is 5.73 Å². The van der Waals surface area contributed by atoms with Gasteiger partial charge < -0.3 is 15.2 Å². The molecule has 2 N–H and O–H groups in total. The number of hydrogen-bond donors (Lipinski definition) is 1. The summed E-state index contributed by atoms with van der Waals surface area (Å²) in [5, 5.41) is 3.55. The van der Waals surface area contributed by atoms with Crippen LogP contribution in [0.4, 0.5) is 14.6 Å². The van der Waals surface area contributed by atoms with Gasteiger partial charge >= 0.3 is 0 Å². The number of carbonyl (C=O) groups excluding carboxylic acids is 1. The molecule has 1 aliphatic rings. The van der Waals surface area contributed by atoms with E-state index in [0.29, 0.717) is 18.8 Å². The van der Waals surface area contributed by atoms with E-state index in [9.17, 15) is 13.6 Å². The second-order valence-corrected chi connectivity index (χ2v) is 5.66. The first-order chi connectivity index (χ1) is 12.0. The molecule has 1 saturated heterocycles. The lowest BCUT2D eigenvalue weighted by molar-refractivity contribution is 0.0987. The number of nitrogens with zero attached hydrogens (tertiary/aromatic N) is 5. The van der Waals surface area contributed by atoms with Crippen LogP contribution in [0.25, 0.3) is 11.0 Å². The number of primary amides is 1. The molecule has 3 heterocycles. The summed E-state index contributed by atoms with van der Waals surface area (Å²) in [6, 6.07) is 1.71. The van der Waals surface area contributed by atoms with Crippen molar-refractivity contribution in [3.63, 3.8) is 0 Å². The molecule has 8 nitrogen and oxygen atoms in total. The Morgan fingerprint density at radius 1 is 1.24 bits per heavy atom. The fraction of sp³-hybridized carbons (Fsp3) is 0.267. The standard InChI is InChI=1S/C15H12F2N6O2/c16-7-4-9-10(5-8(7)17)20-12(6-19-9)23-3-1-2-11(23)15-21-14(13(18)24)22-25-15/h4-6,11H,1-3H2,(H2,18,24). The van der Waals surface area contributed by atoms with Crippen molar-refractivity contribution in [3.05, 3.63) is 41.7 Å². The van der Waals surface area contributed by atoms with Gasteiger partial charge in [0.05, 0.1) is 17.2 Å². The van der Waals surface area contributed by atoms with Gasteiger partial charge in [0.25, 0.3) is 11.7 Å². The molecule has 3 aromatic rings. The van der Waals surface area contributed by atoms with Gasteiger partial charge in [0, 0.05) is 18.7 Å². The minimum atomic E-state index is -0.986. The minimum Gasteiger partial charge on any atom is -0.363 e. The fourth-order valence-corrected chi connectivity index (χ4v) is 2.91. The number of rotatable bonds is 3. The zero-order valence-electron chi connectivity index (χ0n) is 12.8. The van der Waals surface area contributed by atoms with E-state index in [4.69, 9.17) is 10.3 Å². The fourth-order valence-electron chi connectivity index (χ4n) is 2.91. The van der Waals surface area contributed by atoms with Crippen LogP contribution in [-0.4, -0.2) is 32.6 Å². The van der Waals surface area contributed by atoms with Crippen molar-refractivity contribution in [1.82, 2.24) is 20.1 Å². The van der Waals surface area contributed by atoms with Gasteiger partial charge in [0.1, 0.15) is 11.9 Å². The Morgan fingerprint density at radius 3 is 2.72 bits per heavy atom. The van der Waals surface area contributed by atoms with Gasteiger partial charge in [0.15, 0.2) is 11.6 Å². The average molecular weight is 346 g/mol. The molecule has 0 bridgehead atoms. The van der Waals surface area contributed by atoms with Crippen molar-refractivity contribution in [1.29, 1.82) is 0 Å². The van der Waals surface area contributed by atoms with Crippen LogP contribution >= 0.6 is 0 Å². The van der Waals surface area contributed by atoms with Crippen LogP contribution in [0.1, 0.15) is 35.4 Å². The van der Waals surface area contributed by atoms with E-state index < -0.39 is 17.5 Å². The summed E-state index contributed by atoms with van der Waals surface area (Å²) in [4.78, 5) is 25.5. The molecule has 0 saturated carbocycles. The van der Waals surface area contributed by atoms with E-state index in [-0.39, 0.29) is 28.8 Å². The summed E-state index contributed by atoms with van der Waals surface area (Å²) in [5.41, 5.74) is 5.63. The van der Waals surface area contributed by atoms with Crippen molar-refractivity contribution in [2.75, 3.05) is 11.4 Å². The van der Waals surface area contributed by atoms with E-state index in [1.807, 2.05) is 4.90 Å². The molecule has 4 rings (SSSR count). The lowest BCUT2D eigenvalue weighted by atomic mass is 10.2. The first-order valence-electron chi connectivity index (χ1n) is 7.55. The maximum atomic E-state index is 13.4. The van der Waals surface area contributed by atoms with Gasteiger partial charge in [-0.1, -0.05) is 5.16 Å². The number of carbonyl (C=O) groups is 1. The highest BCUT2D eigenvalue weighted by Crippen LogP contribution is 2.34. The average Bonchev–Trinajstić information content (AvgIpc) is 3.24. The molecule has 0 radical (unpaired) electrons. The molecular formula is C15H12F2N6O2. The van der Waals surface area contributed by atoms with Crippen molar-refractivity contribution in [2.45, 2.75) is 18.9 Å². The highest BCUT2D eigenvalue weighted by Gasteiger charge is 2.32. The third-order valence-electron chi connectivity index (χ3n) is 4.07. The van der Waals surface area contributed by atoms with Crippen LogP contribution in [0, 0.1) is 11.6 Å². The summed E-state index contributed by atoms with van der Waals surface area (Å²) >= 11 is 0. The highest BCUT2D eigenvalue weighted by atomic mass is 19.2. The third-order valence-corrected chi connectivity index (χ3v) is 4.07. The number of nitrogens with two attached hydrogens (primary N) is 1. The SMILES string of the molecule is NC(=O)c1noc(C2CCCN2c2cnc3cc(F)c(F)cc3n2)n1. The van der Waals surface area contributed by atoms with Gasteiger partial charge in [-0.25, -0.2) is 13.8 Å². The molecule has 1 unspecified atom stereocenters.